The molecule has 1 saturated heterocycles. The van der Waals surface area contributed by atoms with Gasteiger partial charge >= 0.3 is 0 Å². The van der Waals surface area contributed by atoms with Crippen LogP contribution in [0.1, 0.15) is 18.5 Å². The number of rotatable bonds is 2. The van der Waals surface area contributed by atoms with E-state index in [-0.39, 0.29) is 6.61 Å². The van der Waals surface area contributed by atoms with Gasteiger partial charge in [-0.15, -0.1) is 0 Å². The molecule has 1 N–H and O–H groups in total. The van der Waals surface area contributed by atoms with Crippen molar-refractivity contribution in [1.29, 1.82) is 0 Å². The molecule has 1 aromatic rings. The topological polar surface area (TPSA) is 42.4 Å². The Morgan fingerprint density at radius 3 is 2.69 bits per heavy atom. The zero-order chi connectivity index (χ0) is 11.6. The minimum atomic E-state index is -0.485. The van der Waals surface area contributed by atoms with Crippen molar-refractivity contribution in [3.63, 3.8) is 0 Å². The van der Waals surface area contributed by atoms with Gasteiger partial charge in [-0.3, -0.25) is 0 Å². The van der Waals surface area contributed by atoms with Crippen LogP contribution in [0, 0.1) is 9.52 Å². The average molecular weight is 337 g/mol. The normalized spacial score (nSPS) is 19.7. The molecule has 2 heterocycles. The SMILES string of the molecule is OCC1(c2cc(I)cc(F)n2)CCOCC1. The summed E-state index contributed by atoms with van der Waals surface area (Å²) < 4.78 is 19.3. The molecule has 0 saturated carbocycles. The summed E-state index contributed by atoms with van der Waals surface area (Å²) in [5.41, 5.74) is 0.211. The van der Waals surface area contributed by atoms with Crippen molar-refractivity contribution in [3.05, 3.63) is 27.3 Å². The summed E-state index contributed by atoms with van der Waals surface area (Å²) in [7, 11) is 0. The fraction of sp³-hybridized carbons (Fsp3) is 0.545. The quantitative estimate of drug-likeness (QED) is 0.662. The van der Waals surface area contributed by atoms with Crippen molar-refractivity contribution in [2.24, 2.45) is 0 Å². The van der Waals surface area contributed by atoms with Gasteiger partial charge in [-0.1, -0.05) is 0 Å². The Bertz CT molecular complexity index is 360. The fourth-order valence-electron chi connectivity index (χ4n) is 1.99. The Morgan fingerprint density at radius 1 is 1.44 bits per heavy atom. The van der Waals surface area contributed by atoms with Gasteiger partial charge in [0.05, 0.1) is 12.3 Å². The molecule has 0 aliphatic carbocycles. The van der Waals surface area contributed by atoms with E-state index in [1.54, 1.807) is 0 Å². The fourth-order valence-corrected chi connectivity index (χ4v) is 2.55. The van der Waals surface area contributed by atoms with Crippen molar-refractivity contribution in [2.45, 2.75) is 18.3 Å². The summed E-state index contributed by atoms with van der Waals surface area (Å²) in [4.78, 5) is 3.91. The van der Waals surface area contributed by atoms with Crippen LogP contribution in [0.5, 0.6) is 0 Å². The highest BCUT2D eigenvalue weighted by Gasteiger charge is 2.35. The maximum absolute atomic E-state index is 13.3. The van der Waals surface area contributed by atoms with Crippen LogP contribution < -0.4 is 0 Å². The molecule has 16 heavy (non-hydrogen) atoms. The second-order valence-corrected chi connectivity index (χ2v) is 5.29. The molecule has 0 aromatic carbocycles. The zero-order valence-corrected chi connectivity index (χ0v) is 10.9. The number of ether oxygens (including phenoxy) is 1. The van der Waals surface area contributed by atoms with Gasteiger partial charge in [0.15, 0.2) is 0 Å². The van der Waals surface area contributed by atoms with Crippen molar-refractivity contribution in [1.82, 2.24) is 4.98 Å². The number of hydrogen-bond acceptors (Lipinski definition) is 3. The van der Waals surface area contributed by atoms with Gasteiger partial charge in [0.25, 0.3) is 0 Å². The second-order valence-electron chi connectivity index (χ2n) is 4.04. The Morgan fingerprint density at radius 2 is 2.12 bits per heavy atom. The lowest BCUT2D eigenvalue weighted by atomic mass is 9.78. The van der Waals surface area contributed by atoms with E-state index in [0.29, 0.717) is 31.7 Å². The zero-order valence-electron chi connectivity index (χ0n) is 8.75. The number of aromatic nitrogens is 1. The third-order valence-electron chi connectivity index (χ3n) is 3.05. The summed E-state index contributed by atoms with van der Waals surface area (Å²) >= 11 is 2.06. The predicted octanol–water partition coefficient (Wildman–Crippen LogP) is 1.87. The molecule has 0 amide bonds. The molecule has 5 heteroatoms. The lowest BCUT2D eigenvalue weighted by Gasteiger charge is -2.34. The summed E-state index contributed by atoms with van der Waals surface area (Å²) in [5.74, 6) is -0.485. The van der Waals surface area contributed by atoms with Crippen molar-refractivity contribution < 1.29 is 14.2 Å². The third-order valence-corrected chi connectivity index (χ3v) is 3.68. The Balaban J connectivity index is 2.38. The molecular formula is C11H13FINO2. The van der Waals surface area contributed by atoms with E-state index in [2.05, 4.69) is 27.6 Å². The lowest BCUT2D eigenvalue weighted by Crippen LogP contribution is -2.38. The molecule has 0 radical (unpaired) electrons. The predicted molar refractivity (Wildman–Crippen MR) is 65.7 cm³/mol. The number of halogens is 2. The molecule has 1 fully saturated rings. The van der Waals surface area contributed by atoms with Crippen LogP contribution in [0.3, 0.4) is 0 Å². The maximum Gasteiger partial charge on any atom is 0.214 e. The van der Waals surface area contributed by atoms with Gasteiger partial charge in [0.1, 0.15) is 0 Å². The largest absolute Gasteiger partial charge is 0.395 e. The highest BCUT2D eigenvalue weighted by molar-refractivity contribution is 14.1. The molecular weight excluding hydrogens is 324 g/mol. The minimum absolute atomic E-state index is 0.0110. The summed E-state index contributed by atoms with van der Waals surface area (Å²) in [6, 6.07) is 3.22. The second kappa shape index (κ2) is 4.93. The van der Waals surface area contributed by atoms with Gasteiger partial charge in [0, 0.05) is 28.3 Å². The van der Waals surface area contributed by atoms with E-state index in [0.717, 1.165) is 3.57 Å². The van der Waals surface area contributed by atoms with E-state index in [9.17, 15) is 9.50 Å². The highest BCUT2D eigenvalue weighted by atomic mass is 127. The van der Waals surface area contributed by atoms with Crippen LogP contribution in [0.15, 0.2) is 12.1 Å². The Kier molecular flexibility index (Phi) is 3.76. The summed E-state index contributed by atoms with van der Waals surface area (Å²) in [6.45, 7) is 1.17. The standard InChI is InChI=1S/C11H13FINO2/c12-10-6-8(13)5-9(14-10)11(7-15)1-3-16-4-2-11/h5-6,15H,1-4,7H2. The first-order chi connectivity index (χ1) is 7.66. The van der Waals surface area contributed by atoms with Crippen LogP contribution in [0.25, 0.3) is 0 Å². The number of hydrogen-bond donors (Lipinski definition) is 1. The molecule has 3 nitrogen and oxygen atoms in total. The van der Waals surface area contributed by atoms with Gasteiger partial charge in [-0.05, 0) is 41.5 Å². The van der Waals surface area contributed by atoms with E-state index in [1.807, 2.05) is 6.07 Å². The first kappa shape index (κ1) is 12.2. The third kappa shape index (κ3) is 2.36. The lowest BCUT2D eigenvalue weighted by molar-refractivity contribution is 0.0232. The van der Waals surface area contributed by atoms with Gasteiger partial charge in [-0.25, -0.2) is 4.98 Å². The molecule has 0 atom stereocenters. The molecule has 2 rings (SSSR count). The molecule has 0 bridgehead atoms. The molecule has 1 aliphatic rings. The van der Waals surface area contributed by atoms with E-state index in [1.165, 1.54) is 6.07 Å². The number of aliphatic hydroxyl groups excluding tert-OH is 1. The average Bonchev–Trinajstić information content (AvgIpc) is 2.28. The maximum atomic E-state index is 13.3. The molecule has 1 aliphatic heterocycles. The van der Waals surface area contributed by atoms with Crippen LogP contribution in [-0.4, -0.2) is 29.9 Å². The van der Waals surface area contributed by atoms with Gasteiger partial charge in [-0.2, -0.15) is 4.39 Å². The van der Waals surface area contributed by atoms with E-state index >= 15 is 0 Å². The number of nitrogens with zero attached hydrogens (tertiary/aromatic N) is 1. The first-order valence-electron chi connectivity index (χ1n) is 5.18. The van der Waals surface area contributed by atoms with E-state index in [4.69, 9.17) is 4.74 Å². The molecule has 0 spiro atoms. The van der Waals surface area contributed by atoms with Crippen LogP contribution in [-0.2, 0) is 10.2 Å². The van der Waals surface area contributed by atoms with Crippen LogP contribution in [0.2, 0.25) is 0 Å². The highest BCUT2D eigenvalue weighted by Crippen LogP contribution is 2.33. The smallest absolute Gasteiger partial charge is 0.214 e. The Hall–Kier alpha value is -0.270. The van der Waals surface area contributed by atoms with Crippen molar-refractivity contribution >= 4 is 22.6 Å². The van der Waals surface area contributed by atoms with Gasteiger partial charge < -0.3 is 9.84 Å². The van der Waals surface area contributed by atoms with E-state index < -0.39 is 11.4 Å². The first-order valence-corrected chi connectivity index (χ1v) is 6.26. The number of aliphatic hydroxyl groups is 1. The number of pyridine rings is 1. The summed E-state index contributed by atoms with van der Waals surface area (Å²) in [6.07, 6.45) is 1.38. The molecule has 1 aromatic heterocycles. The molecule has 0 unspecified atom stereocenters. The molecule has 88 valence electrons. The Labute approximate surface area is 107 Å². The van der Waals surface area contributed by atoms with Gasteiger partial charge in [0.2, 0.25) is 5.95 Å². The monoisotopic (exact) mass is 337 g/mol. The van der Waals surface area contributed by atoms with Crippen LogP contribution >= 0.6 is 22.6 Å². The minimum Gasteiger partial charge on any atom is -0.395 e. The van der Waals surface area contributed by atoms with Crippen LogP contribution in [0.4, 0.5) is 4.39 Å². The van der Waals surface area contributed by atoms with Crippen molar-refractivity contribution in [2.75, 3.05) is 19.8 Å². The summed E-state index contributed by atoms with van der Waals surface area (Å²) in [5, 5.41) is 9.56. The van der Waals surface area contributed by atoms with Crippen molar-refractivity contribution in [3.8, 4) is 0 Å².